The van der Waals surface area contributed by atoms with E-state index in [-0.39, 0.29) is 0 Å². The first-order valence-corrected chi connectivity index (χ1v) is 13.6. The van der Waals surface area contributed by atoms with Gasteiger partial charge in [-0.05, 0) is 38.3 Å². The maximum atomic E-state index is 5.07. The number of alkyl halides is 1. The van der Waals surface area contributed by atoms with E-state index in [1.807, 2.05) is 27.7 Å². The summed E-state index contributed by atoms with van der Waals surface area (Å²) in [7, 11) is 2.25. The first-order chi connectivity index (χ1) is 14.6. The summed E-state index contributed by atoms with van der Waals surface area (Å²) in [5.74, 6) is 3.88. The zero-order valence-electron chi connectivity index (χ0n) is 20.7. The van der Waals surface area contributed by atoms with Gasteiger partial charge in [-0.25, -0.2) is 0 Å². The summed E-state index contributed by atoms with van der Waals surface area (Å²) in [5, 5.41) is 3.45. The monoisotopic (exact) mass is 481 g/mol. The van der Waals surface area contributed by atoms with Crippen molar-refractivity contribution in [3.63, 3.8) is 0 Å². The highest BCUT2D eigenvalue weighted by Gasteiger charge is 2.27. The molecule has 0 amide bonds. The molecule has 1 fully saturated rings. The van der Waals surface area contributed by atoms with E-state index in [4.69, 9.17) is 11.6 Å². The van der Waals surface area contributed by atoms with Crippen LogP contribution in [0, 0.1) is 11.8 Å². The van der Waals surface area contributed by atoms with Gasteiger partial charge in [-0.15, -0.1) is 18.2 Å². The molecule has 1 rings (SSSR count). The van der Waals surface area contributed by atoms with Crippen molar-refractivity contribution in [2.45, 2.75) is 47.5 Å². The fourth-order valence-corrected chi connectivity index (χ4v) is 3.64. The molecule has 1 aliphatic rings. The van der Waals surface area contributed by atoms with Crippen molar-refractivity contribution in [2.75, 3.05) is 70.2 Å². The van der Waals surface area contributed by atoms with Crippen LogP contribution in [-0.2, 0) is 0 Å². The number of hydrogen-bond donors (Lipinski definition) is 3. The molecule has 0 bridgehead atoms. The lowest BCUT2D eigenvalue weighted by molar-refractivity contribution is 0.124. The fraction of sp³-hybridized carbons (Fsp3) is 0.833. The number of halogens is 1. The molecule has 0 aromatic heterocycles. The van der Waals surface area contributed by atoms with E-state index in [9.17, 15) is 0 Å². The molecule has 1 N–H and O–H groups in total. The van der Waals surface area contributed by atoms with E-state index in [0.717, 1.165) is 55.9 Å². The largest absolute Gasteiger partial charge is 0.315 e. The van der Waals surface area contributed by atoms with Crippen molar-refractivity contribution >= 4 is 36.9 Å². The third-order valence-corrected chi connectivity index (χ3v) is 5.17. The van der Waals surface area contributed by atoms with Gasteiger partial charge >= 0.3 is 0 Å². The Balaban J connectivity index is -0.000000793. The van der Waals surface area contributed by atoms with E-state index in [1.165, 1.54) is 26.1 Å². The molecule has 1 saturated heterocycles. The Morgan fingerprint density at radius 1 is 1.13 bits per heavy atom. The molecule has 0 aromatic rings. The summed E-state index contributed by atoms with van der Waals surface area (Å²) < 4.78 is 0. The molecule has 1 aliphatic heterocycles. The molecule has 30 heavy (non-hydrogen) atoms. The van der Waals surface area contributed by atoms with Gasteiger partial charge in [0.25, 0.3) is 0 Å². The van der Waals surface area contributed by atoms with Gasteiger partial charge in [0.15, 0.2) is 0 Å². The van der Waals surface area contributed by atoms with Crippen LogP contribution in [0.25, 0.3) is 0 Å². The van der Waals surface area contributed by atoms with Crippen LogP contribution >= 0.6 is 36.9 Å². The third-order valence-electron chi connectivity index (χ3n) is 4.53. The molecular formula is C24H52ClN3S2. The summed E-state index contributed by atoms with van der Waals surface area (Å²) in [4.78, 5) is 5.06. The summed E-state index contributed by atoms with van der Waals surface area (Å²) in [6.07, 6.45) is 8.90. The standard InChI is InChI=1S/C17H35N3S2.C3H5Cl.2C2H6/c1-3-4-5-16-6-9-19(2)14-17(16)15-20(11-13-22)10-7-18-8-12-21;1-2-3-4;2*1-2/h4-5,16-18,21-22H,3,6-15H2,1-2H3;2H,1,3H2;2*1-2H3/b5-4+;;;/t16?,17-;;;/m1.../s1. The summed E-state index contributed by atoms with van der Waals surface area (Å²) in [6.45, 7) is 21.4. The lowest BCUT2D eigenvalue weighted by Crippen LogP contribution is -2.45. The Kier molecular flexibility index (Phi) is 34.2. The summed E-state index contributed by atoms with van der Waals surface area (Å²) in [5.41, 5.74) is 0. The Bertz CT molecular complexity index is 357. The lowest BCUT2D eigenvalue weighted by atomic mass is 9.84. The molecule has 182 valence electrons. The number of allylic oxidation sites excluding steroid dienone is 3. The lowest BCUT2D eigenvalue weighted by Gasteiger charge is -2.38. The number of likely N-dealkylation sites (tertiary alicyclic amines) is 1. The minimum atomic E-state index is 0.556. The van der Waals surface area contributed by atoms with Gasteiger partial charge in [0.05, 0.1) is 0 Å². The van der Waals surface area contributed by atoms with Crippen LogP contribution < -0.4 is 5.32 Å². The number of rotatable bonds is 12. The Hall–Kier alpha value is 0.350. The van der Waals surface area contributed by atoms with Crippen LogP contribution in [0.1, 0.15) is 47.5 Å². The number of thiol groups is 2. The molecule has 0 aliphatic carbocycles. The van der Waals surface area contributed by atoms with Crippen molar-refractivity contribution in [3.05, 3.63) is 24.8 Å². The normalized spacial score (nSPS) is 18.6. The van der Waals surface area contributed by atoms with E-state index < -0.39 is 0 Å². The van der Waals surface area contributed by atoms with Crippen LogP contribution in [0.2, 0.25) is 0 Å². The van der Waals surface area contributed by atoms with Crippen molar-refractivity contribution in [3.8, 4) is 0 Å². The van der Waals surface area contributed by atoms with Gasteiger partial charge in [-0.2, -0.15) is 25.3 Å². The zero-order valence-corrected chi connectivity index (χ0v) is 23.3. The van der Waals surface area contributed by atoms with Crippen molar-refractivity contribution in [1.82, 2.24) is 15.1 Å². The highest BCUT2D eigenvalue weighted by molar-refractivity contribution is 7.80. The van der Waals surface area contributed by atoms with E-state index in [0.29, 0.717) is 5.88 Å². The van der Waals surface area contributed by atoms with Crippen LogP contribution in [0.3, 0.4) is 0 Å². The second-order valence-electron chi connectivity index (χ2n) is 6.75. The number of nitrogens with zero attached hydrogens (tertiary/aromatic N) is 2. The average molecular weight is 482 g/mol. The smallest absolute Gasteiger partial charge is 0.0401 e. The molecule has 0 saturated carbocycles. The first-order valence-electron chi connectivity index (χ1n) is 11.8. The second kappa shape index (κ2) is 29.4. The summed E-state index contributed by atoms with van der Waals surface area (Å²) in [6, 6.07) is 0. The maximum absolute atomic E-state index is 5.07. The SMILES string of the molecule is C=CCCl.CC.CC.CC/C=C/C1CCN(C)C[C@@H]1CN(CCS)CCNCCS. The predicted octanol–water partition coefficient (Wildman–Crippen LogP) is 5.74. The van der Waals surface area contributed by atoms with Crippen LogP contribution in [0.4, 0.5) is 0 Å². The second-order valence-corrected chi connectivity index (χ2v) is 7.96. The van der Waals surface area contributed by atoms with E-state index in [2.05, 4.69) is 73.1 Å². The fourth-order valence-electron chi connectivity index (χ4n) is 3.20. The van der Waals surface area contributed by atoms with Crippen LogP contribution in [0.5, 0.6) is 0 Å². The minimum absolute atomic E-state index is 0.556. The third kappa shape index (κ3) is 21.6. The van der Waals surface area contributed by atoms with Crippen molar-refractivity contribution < 1.29 is 0 Å². The quantitative estimate of drug-likeness (QED) is 0.143. The Morgan fingerprint density at radius 3 is 2.27 bits per heavy atom. The Labute approximate surface area is 205 Å². The number of hydrogen-bond acceptors (Lipinski definition) is 5. The molecule has 1 heterocycles. The van der Waals surface area contributed by atoms with Gasteiger partial charge < -0.3 is 15.1 Å². The molecule has 0 radical (unpaired) electrons. The predicted molar refractivity (Wildman–Crippen MR) is 149 cm³/mol. The number of nitrogens with one attached hydrogen (secondary N) is 1. The molecule has 0 aromatic carbocycles. The molecule has 3 nitrogen and oxygen atoms in total. The highest BCUT2D eigenvalue weighted by atomic mass is 35.5. The van der Waals surface area contributed by atoms with Crippen LogP contribution in [0.15, 0.2) is 24.8 Å². The van der Waals surface area contributed by atoms with E-state index >= 15 is 0 Å². The molecular weight excluding hydrogens is 430 g/mol. The molecule has 2 atom stereocenters. The number of piperidine rings is 1. The maximum Gasteiger partial charge on any atom is 0.0401 e. The van der Waals surface area contributed by atoms with Gasteiger partial charge in [0, 0.05) is 56.7 Å². The molecule has 0 spiro atoms. The van der Waals surface area contributed by atoms with Crippen LogP contribution in [-0.4, -0.2) is 80.0 Å². The van der Waals surface area contributed by atoms with Gasteiger partial charge in [0.2, 0.25) is 0 Å². The van der Waals surface area contributed by atoms with E-state index in [1.54, 1.807) is 6.08 Å². The average Bonchev–Trinajstić information content (AvgIpc) is 2.79. The minimum Gasteiger partial charge on any atom is -0.315 e. The van der Waals surface area contributed by atoms with Gasteiger partial charge in [-0.1, -0.05) is 52.8 Å². The Morgan fingerprint density at radius 2 is 1.77 bits per heavy atom. The molecule has 6 heteroatoms. The van der Waals surface area contributed by atoms with Gasteiger partial charge in [-0.3, -0.25) is 0 Å². The van der Waals surface area contributed by atoms with Crippen molar-refractivity contribution in [2.24, 2.45) is 11.8 Å². The van der Waals surface area contributed by atoms with Crippen molar-refractivity contribution in [1.29, 1.82) is 0 Å². The highest BCUT2D eigenvalue weighted by Crippen LogP contribution is 2.25. The summed E-state index contributed by atoms with van der Waals surface area (Å²) >= 11 is 13.8. The van der Waals surface area contributed by atoms with Gasteiger partial charge in [0.1, 0.15) is 0 Å². The topological polar surface area (TPSA) is 18.5 Å². The molecule has 1 unspecified atom stereocenters. The zero-order chi connectivity index (χ0) is 23.6. The first kappa shape index (κ1) is 35.0.